The second-order valence-corrected chi connectivity index (χ2v) is 10.6. The maximum atomic E-state index is 13.7. The molecule has 7 heteroatoms. The van der Waals surface area contributed by atoms with Crippen molar-refractivity contribution in [2.45, 2.75) is 57.7 Å². The Bertz CT molecular complexity index is 1250. The first-order chi connectivity index (χ1) is 14.6. The van der Waals surface area contributed by atoms with Crippen LogP contribution < -0.4 is 5.56 Å². The van der Waals surface area contributed by atoms with E-state index in [1.54, 1.807) is 23.1 Å². The topological polar surface area (TPSA) is 52.2 Å². The second-order valence-electron chi connectivity index (χ2n) is 8.42. The lowest BCUT2D eigenvalue weighted by Gasteiger charge is -2.12. The smallest absolute Gasteiger partial charge is 0.264 e. The van der Waals surface area contributed by atoms with Crippen LogP contribution in [0.5, 0.6) is 0 Å². The van der Waals surface area contributed by atoms with Gasteiger partial charge in [0.1, 0.15) is 4.83 Å². The highest BCUT2D eigenvalue weighted by Gasteiger charge is 2.25. The van der Waals surface area contributed by atoms with Crippen LogP contribution in [0.3, 0.4) is 0 Å². The van der Waals surface area contributed by atoms with Crippen LogP contribution in [0, 0.1) is 5.92 Å². The molecule has 0 aliphatic heterocycles. The Morgan fingerprint density at radius 1 is 1.13 bits per heavy atom. The summed E-state index contributed by atoms with van der Waals surface area (Å²) in [7, 11) is 0. The van der Waals surface area contributed by atoms with E-state index in [1.165, 1.54) is 16.9 Å². The highest BCUT2D eigenvalue weighted by molar-refractivity contribution is 7.99. The number of thioether (sulfide) groups is 1. The van der Waals surface area contributed by atoms with Gasteiger partial charge < -0.3 is 0 Å². The Labute approximate surface area is 184 Å². The third-order valence-electron chi connectivity index (χ3n) is 5.78. The fourth-order valence-electron chi connectivity index (χ4n) is 4.16. The minimum Gasteiger partial charge on any atom is -0.272 e. The Kier molecular flexibility index (Phi) is 5.41. The molecule has 0 unspecified atom stereocenters. The van der Waals surface area contributed by atoms with E-state index in [0.29, 0.717) is 18.2 Å². The SMILES string of the molecule is CC(C)CCSc1nnc2n(Cc3ccccc3)c(=O)c3c4c(sc3n12)CCCC4. The van der Waals surface area contributed by atoms with Gasteiger partial charge in [-0.05, 0) is 49.1 Å². The van der Waals surface area contributed by atoms with Crippen molar-refractivity contribution in [1.29, 1.82) is 0 Å². The lowest BCUT2D eigenvalue weighted by atomic mass is 9.97. The lowest BCUT2D eigenvalue weighted by molar-refractivity contribution is 0.631. The summed E-state index contributed by atoms with van der Waals surface area (Å²) in [5.74, 6) is 2.31. The molecule has 0 radical (unpaired) electrons. The van der Waals surface area contributed by atoms with Gasteiger partial charge in [-0.25, -0.2) is 4.40 Å². The summed E-state index contributed by atoms with van der Waals surface area (Å²) in [5, 5.41) is 10.8. The van der Waals surface area contributed by atoms with Crippen LogP contribution in [-0.2, 0) is 19.4 Å². The van der Waals surface area contributed by atoms with Crippen LogP contribution in [0.4, 0.5) is 0 Å². The molecule has 0 spiro atoms. The van der Waals surface area contributed by atoms with Gasteiger partial charge in [0.05, 0.1) is 11.9 Å². The third kappa shape index (κ3) is 3.48. The molecular weight excluding hydrogens is 412 g/mol. The van der Waals surface area contributed by atoms with Crippen LogP contribution in [-0.4, -0.2) is 24.9 Å². The van der Waals surface area contributed by atoms with Crippen molar-refractivity contribution in [1.82, 2.24) is 19.2 Å². The highest BCUT2D eigenvalue weighted by Crippen LogP contribution is 2.36. The molecule has 0 N–H and O–H groups in total. The van der Waals surface area contributed by atoms with E-state index in [4.69, 9.17) is 0 Å². The highest BCUT2D eigenvalue weighted by atomic mass is 32.2. The predicted molar refractivity (Wildman–Crippen MR) is 125 cm³/mol. The average molecular weight is 439 g/mol. The molecule has 30 heavy (non-hydrogen) atoms. The fraction of sp³-hybridized carbons (Fsp3) is 0.435. The maximum Gasteiger partial charge on any atom is 0.264 e. The number of fused-ring (bicyclic) bond motifs is 5. The Hall–Kier alpha value is -2.12. The van der Waals surface area contributed by atoms with E-state index in [-0.39, 0.29) is 5.56 Å². The molecule has 3 heterocycles. The van der Waals surface area contributed by atoms with Crippen LogP contribution in [0.1, 0.15) is 49.1 Å². The average Bonchev–Trinajstić information content (AvgIpc) is 3.33. The molecule has 1 aliphatic carbocycles. The van der Waals surface area contributed by atoms with E-state index >= 15 is 0 Å². The van der Waals surface area contributed by atoms with Crippen molar-refractivity contribution >= 4 is 39.1 Å². The van der Waals surface area contributed by atoms with E-state index in [9.17, 15) is 4.79 Å². The fourth-order valence-corrected chi connectivity index (χ4v) is 6.77. The monoisotopic (exact) mass is 438 g/mol. The normalized spacial score (nSPS) is 14.1. The van der Waals surface area contributed by atoms with Gasteiger partial charge in [0.15, 0.2) is 5.16 Å². The number of aromatic nitrogens is 4. The van der Waals surface area contributed by atoms with Crippen molar-refractivity contribution < 1.29 is 0 Å². The van der Waals surface area contributed by atoms with Crippen molar-refractivity contribution in [3.63, 3.8) is 0 Å². The van der Waals surface area contributed by atoms with Gasteiger partial charge in [0.25, 0.3) is 5.56 Å². The number of nitrogens with zero attached hydrogens (tertiary/aromatic N) is 4. The number of benzene rings is 1. The standard InChI is InChI=1S/C23H26N4OS2/c1-15(2)12-13-29-23-25-24-22-26(14-16-8-4-3-5-9-16)20(28)19-17-10-6-7-11-18(17)30-21(19)27(22)23/h3-5,8-9,15H,6-7,10-14H2,1-2H3. The number of hydrogen-bond acceptors (Lipinski definition) is 5. The second kappa shape index (κ2) is 8.19. The Morgan fingerprint density at radius 3 is 2.73 bits per heavy atom. The first kappa shape index (κ1) is 19.8. The van der Waals surface area contributed by atoms with Crippen LogP contribution in [0.25, 0.3) is 16.0 Å². The summed E-state index contributed by atoms with van der Waals surface area (Å²) in [6, 6.07) is 10.1. The number of aryl methyl sites for hydroxylation is 2. The molecule has 156 valence electrons. The van der Waals surface area contributed by atoms with Gasteiger partial charge in [-0.15, -0.1) is 21.5 Å². The molecule has 0 fully saturated rings. The van der Waals surface area contributed by atoms with Gasteiger partial charge >= 0.3 is 0 Å². The van der Waals surface area contributed by atoms with Crippen molar-refractivity contribution in [2.75, 3.05) is 5.75 Å². The summed E-state index contributed by atoms with van der Waals surface area (Å²) in [6.07, 6.45) is 5.57. The molecule has 0 amide bonds. The van der Waals surface area contributed by atoms with Crippen LogP contribution in [0.15, 0.2) is 40.3 Å². The van der Waals surface area contributed by atoms with Gasteiger partial charge in [-0.1, -0.05) is 55.9 Å². The van der Waals surface area contributed by atoms with Crippen molar-refractivity contribution in [3.8, 4) is 0 Å². The summed E-state index contributed by atoms with van der Waals surface area (Å²) < 4.78 is 3.96. The Balaban J connectivity index is 1.72. The largest absolute Gasteiger partial charge is 0.272 e. The molecule has 0 bridgehead atoms. The van der Waals surface area contributed by atoms with E-state index < -0.39 is 0 Å². The molecule has 0 atom stereocenters. The predicted octanol–water partition coefficient (Wildman–Crippen LogP) is 5.17. The van der Waals surface area contributed by atoms with E-state index in [2.05, 4.69) is 40.6 Å². The number of hydrogen-bond donors (Lipinski definition) is 0. The zero-order valence-electron chi connectivity index (χ0n) is 17.4. The van der Waals surface area contributed by atoms with Gasteiger partial charge in [0, 0.05) is 10.6 Å². The molecule has 5 nitrogen and oxygen atoms in total. The van der Waals surface area contributed by atoms with E-state index in [0.717, 1.165) is 52.4 Å². The molecule has 5 rings (SSSR count). The lowest BCUT2D eigenvalue weighted by Crippen LogP contribution is -2.24. The summed E-state index contributed by atoms with van der Waals surface area (Å²) in [6.45, 7) is 5.00. The minimum atomic E-state index is 0.0758. The zero-order chi connectivity index (χ0) is 20.7. The number of thiophene rings is 1. The van der Waals surface area contributed by atoms with Crippen molar-refractivity contribution in [2.24, 2.45) is 5.92 Å². The first-order valence-electron chi connectivity index (χ1n) is 10.7. The van der Waals surface area contributed by atoms with Gasteiger partial charge in [-0.2, -0.15) is 0 Å². The van der Waals surface area contributed by atoms with E-state index in [1.807, 2.05) is 22.8 Å². The molecule has 0 saturated heterocycles. The molecule has 3 aromatic heterocycles. The molecule has 1 aromatic carbocycles. The third-order valence-corrected chi connectivity index (χ3v) is 8.02. The van der Waals surface area contributed by atoms with Crippen molar-refractivity contribution in [3.05, 3.63) is 56.7 Å². The maximum absolute atomic E-state index is 13.7. The molecule has 1 aliphatic rings. The first-order valence-corrected chi connectivity index (χ1v) is 12.5. The quantitative estimate of drug-likeness (QED) is 0.390. The molecule has 4 aromatic rings. The molecular formula is C23H26N4OS2. The van der Waals surface area contributed by atoms with Crippen LogP contribution >= 0.6 is 23.1 Å². The summed E-state index contributed by atoms with van der Waals surface area (Å²) in [4.78, 5) is 16.1. The van der Waals surface area contributed by atoms with Gasteiger partial charge in [-0.3, -0.25) is 9.36 Å². The number of rotatable bonds is 6. The zero-order valence-corrected chi connectivity index (χ0v) is 19.1. The minimum absolute atomic E-state index is 0.0758. The summed E-state index contributed by atoms with van der Waals surface area (Å²) >= 11 is 3.52. The Morgan fingerprint density at radius 2 is 1.93 bits per heavy atom. The van der Waals surface area contributed by atoms with Crippen LogP contribution in [0.2, 0.25) is 0 Å². The molecule has 0 saturated carbocycles. The summed E-state index contributed by atoms with van der Waals surface area (Å²) in [5.41, 5.74) is 2.44. The van der Waals surface area contributed by atoms with Gasteiger partial charge in [0.2, 0.25) is 5.78 Å².